The van der Waals surface area contributed by atoms with Crippen LogP contribution in [0.1, 0.15) is 37.1 Å². The highest BCUT2D eigenvalue weighted by atomic mass is 16.5. The van der Waals surface area contributed by atoms with Crippen LogP contribution in [0.15, 0.2) is 34.7 Å². The number of ether oxygens (including phenoxy) is 1. The van der Waals surface area contributed by atoms with Crippen LogP contribution in [0, 0.1) is 0 Å². The lowest BCUT2D eigenvalue weighted by Gasteiger charge is -2.20. The molecule has 1 fully saturated rings. The van der Waals surface area contributed by atoms with Crippen molar-refractivity contribution in [3.63, 3.8) is 0 Å². The Morgan fingerprint density at radius 3 is 2.69 bits per heavy atom. The zero-order valence-electron chi connectivity index (χ0n) is 14.7. The van der Waals surface area contributed by atoms with Gasteiger partial charge in [-0.2, -0.15) is 0 Å². The van der Waals surface area contributed by atoms with Gasteiger partial charge in [0.15, 0.2) is 0 Å². The molecule has 1 aromatic carbocycles. The number of rotatable bonds is 9. The minimum Gasteiger partial charge on any atom is -0.465 e. The number of hydrogen-bond acceptors (Lipinski definition) is 7. The molecule has 0 aliphatic heterocycles. The molecule has 0 bridgehead atoms. The average molecular weight is 358 g/mol. The molecule has 1 saturated carbocycles. The number of carbonyl (C=O) groups is 2. The van der Waals surface area contributed by atoms with Gasteiger partial charge in [0.25, 0.3) is 0 Å². The van der Waals surface area contributed by atoms with Crippen LogP contribution in [0.2, 0.25) is 0 Å². The number of anilines is 1. The first kappa shape index (κ1) is 18.1. The second-order valence-corrected chi connectivity index (χ2v) is 6.20. The average Bonchev–Trinajstić information content (AvgIpc) is 3.36. The first-order valence-corrected chi connectivity index (χ1v) is 8.69. The van der Waals surface area contributed by atoms with Crippen molar-refractivity contribution in [2.75, 3.05) is 25.0 Å². The molecule has 138 valence electrons. The molecule has 3 rings (SSSR count). The van der Waals surface area contributed by atoms with Crippen molar-refractivity contribution in [1.82, 2.24) is 15.1 Å². The minimum atomic E-state index is -0.370. The van der Waals surface area contributed by atoms with Crippen LogP contribution in [-0.4, -0.2) is 46.7 Å². The monoisotopic (exact) mass is 358 g/mol. The Hall–Kier alpha value is -2.74. The second-order valence-electron chi connectivity index (χ2n) is 6.20. The van der Waals surface area contributed by atoms with Crippen molar-refractivity contribution in [2.45, 2.75) is 32.2 Å². The van der Waals surface area contributed by atoms with Gasteiger partial charge >= 0.3 is 12.0 Å². The van der Waals surface area contributed by atoms with E-state index in [0.717, 1.165) is 18.4 Å². The Bertz CT molecular complexity index is 743. The van der Waals surface area contributed by atoms with E-state index < -0.39 is 0 Å². The molecular weight excluding hydrogens is 336 g/mol. The number of aromatic nitrogens is 2. The maximum absolute atomic E-state index is 12.3. The zero-order chi connectivity index (χ0) is 18.4. The Morgan fingerprint density at radius 1 is 1.23 bits per heavy atom. The standard InChI is InChI=1S/C18H22N4O4/c1-2-25-16(24)12-22(10-13-6-4-3-5-7-13)11-15(23)19-18-21-20-17(26-18)14-8-9-14/h3-7,14H,2,8-12H2,1H3,(H,19,21,23). The number of benzene rings is 1. The highest BCUT2D eigenvalue weighted by molar-refractivity contribution is 5.90. The summed E-state index contributed by atoms with van der Waals surface area (Å²) < 4.78 is 10.4. The molecule has 1 N–H and O–H groups in total. The number of amides is 1. The number of nitrogens with zero attached hydrogens (tertiary/aromatic N) is 3. The molecule has 0 atom stereocenters. The molecule has 0 spiro atoms. The molecule has 1 aromatic heterocycles. The van der Waals surface area contributed by atoms with E-state index in [0.29, 0.717) is 25.0 Å². The van der Waals surface area contributed by atoms with Gasteiger partial charge in [0, 0.05) is 12.5 Å². The van der Waals surface area contributed by atoms with E-state index in [1.807, 2.05) is 30.3 Å². The third-order valence-corrected chi connectivity index (χ3v) is 3.89. The summed E-state index contributed by atoms with van der Waals surface area (Å²) in [5.41, 5.74) is 0.999. The summed E-state index contributed by atoms with van der Waals surface area (Å²) in [5, 5.41) is 10.4. The molecule has 0 radical (unpaired) electrons. The highest BCUT2D eigenvalue weighted by Crippen LogP contribution is 2.39. The SMILES string of the molecule is CCOC(=O)CN(CC(=O)Nc1nnc(C2CC2)o1)Cc1ccccc1. The normalized spacial score (nSPS) is 13.6. The Morgan fingerprint density at radius 2 is 2.00 bits per heavy atom. The molecule has 8 nitrogen and oxygen atoms in total. The van der Waals surface area contributed by atoms with E-state index in [1.165, 1.54) is 0 Å². The minimum absolute atomic E-state index is 0.00878. The van der Waals surface area contributed by atoms with Crippen LogP contribution in [0.4, 0.5) is 6.01 Å². The molecule has 2 aromatic rings. The van der Waals surface area contributed by atoms with Gasteiger partial charge in [0.2, 0.25) is 11.8 Å². The first-order chi connectivity index (χ1) is 12.6. The molecule has 1 aliphatic carbocycles. The summed E-state index contributed by atoms with van der Waals surface area (Å²) >= 11 is 0. The largest absolute Gasteiger partial charge is 0.465 e. The number of esters is 1. The van der Waals surface area contributed by atoms with Crippen molar-refractivity contribution in [3.8, 4) is 0 Å². The Balaban J connectivity index is 1.58. The molecule has 1 amide bonds. The van der Waals surface area contributed by atoms with Crippen molar-refractivity contribution < 1.29 is 18.7 Å². The lowest BCUT2D eigenvalue weighted by atomic mass is 10.2. The maximum atomic E-state index is 12.3. The van der Waals surface area contributed by atoms with Crippen LogP contribution < -0.4 is 5.32 Å². The third-order valence-electron chi connectivity index (χ3n) is 3.89. The van der Waals surface area contributed by atoms with Gasteiger partial charge in [-0.1, -0.05) is 35.4 Å². The van der Waals surface area contributed by atoms with E-state index in [-0.39, 0.29) is 31.0 Å². The number of nitrogens with one attached hydrogen (secondary N) is 1. The topological polar surface area (TPSA) is 97.6 Å². The van der Waals surface area contributed by atoms with Gasteiger partial charge in [0.1, 0.15) is 0 Å². The van der Waals surface area contributed by atoms with Crippen molar-refractivity contribution in [2.24, 2.45) is 0 Å². The number of hydrogen-bond donors (Lipinski definition) is 1. The van der Waals surface area contributed by atoms with E-state index in [2.05, 4.69) is 15.5 Å². The van der Waals surface area contributed by atoms with Crippen LogP contribution in [-0.2, 0) is 20.9 Å². The second kappa shape index (κ2) is 8.57. The summed E-state index contributed by atoms with van der Waals surface area (Å²) in [6.07, 6.45) is 2.08. The summed E-state index contributed by atoms with van der Waals surface area (Å²) in [4.78, 5) is 25.9. The predicted molar refractivity (Wildman–Crippen MR) is 93.3 cm³/mol. The number of carbonyl (C=O) groups excluding carboxylic acids is 2. The van der Waals surface area contributed by atoms with Gasteiger partial charge in [-0.25, -0.2) is 0 Å². The van der Waals surface area contributed by atoms with Crippen molar-refractivity contribution in [3.05, 3.63) is 41.8 Å². The smallest absolute Gasteiger partial charge is 0.322 e. The van der Waals surface area contributed by atoms with Crippen LogP contribution in [0.25, 0.3) is 0 Å². The van der Waals surface area contributed by atoms with Crippen LogP contribution in [0.3, 0.4) is 0 Å². The lowest BCUT2D eigenvalue weighted by Crippen LogP contribution is -2.37. The van der Waals surface area contributed by atoms with Crippen LogP contribution in [0.5, 0.6) is 0 Å². The molecule has 0 unspecified atom stereocenters. The van der Waals surface area contributed by atoms with E-state index in [4.69, 9.17) is 9.15 Å². The fourth-order valence-corrected chi connectivity index (χ4v) is 2.54. The molecule has 8 heteroatoms. The maximum Gasteiger partial charge on any atom is 0.322 e. The van der Waals surface area contributed by atoms with Gasteiger partial charge in [-0.3, -0.25) is 19.8 Å². The zero-order valence-corrected chi connectivity index (χ0v) is 14.7. The van der Waals surface area contributed by atoms with Crippen LogP contribution >= 0.6 is 0 Å². The van der Waals surface area contributed by atoms with Crippen molar-refractivity contribution in [1.29, 1.82) is 0 Å². The van der Waals surface area contributed by atoms with Gasteiger partial charge in [0.05, 0.1) is 19.7 Å². The fraction of sp³-hybridized carbons (Fsp3) is 0.444. The van der Waals surface area contributed by atoms with E-state index in [1.54, 1.807) is 11.8 Å². The van der Waals surface area contributed by atoms with Gasteiger partial charge in [-0.05, 0) is 25.3 Å². The Labute approximate surface area is 151 Å². The molecular formula is C18H22N4O4. The molecule has 0 saturated heterocycles. The predicted octanol–water partition coefficient (Wildman–Crippen LogP) is 1.95. The first-order valence-electron chi connectivity index (χ1n) is 8.69. The lowest BCUT2D eigenvalue weighted by molar-refractivity contribution is -0.144. The fourth-order valence-electron chi connectivity index (χ4n) is 2.54. The summed E-state index contributed by atoms with van der Waals surface area (Å²) in [5.74, 6) is 0.195. The van der Waals surface area contributed by atoms with Gasteiger partial charge in [-0.15, -0.1) is 5.10 Å². The third kappa shape index (κ3) is 5.38. The molecule has 26 heavy (non-hydrogen) atoms. The van der Waals surface area contributed by atoms with Gasteiger partial charge < -0.3 is 9.15 Å². The summed E-state index contributed by atoms with van der Waals surface area (Å²) in [7, 11) is 0. The summed E-state index contributed by atoms with van der Waals surface area (Å²) in [6, 6.07) is 9.71. The molecule has 1 heterocycles. The highest BCUT2D eigenvalue weighted by Gasteiger charge is 2.29. The van der Waals surface area contributed by atoms with E-state index >= 15 is 0 Å². The Kier molecular flexibility index (Phi) is 5.96. The summed E-state index contributed by atoms with van der Waals surface area (Å²) in [6.45, 7) is 2.53. The molecule has 1 aliphatic rings. The van der Waals surface area contributed by atoms with Crippen molar-refractivity contribution >= 4 is 17.9 Å². The van der Waals surface area contributed by atoms with E-state index in [9.17, 15) is 9.59 Å². The quantitative estimate of drug-likeness (QED) is 0.684.